The van der Waals surface area contributed by atoms with Gasteiger partial charge in [-0.1, -0.05) is 11.6 Å². The van der Waals surface area contributed by atoms with E-state index in [1.54, 1.807) is 22.6 Å². The highest BCUT2D eigenvalue weighted by Crippen LogP contribution is 2.28. The molecule has 0 aromatic carbocycles. The number of aromatic nitrogens is 1. The molecule has 0 radical (unpaired) electrons. The Kier molecular flexibility index (Phi) is 3.59. The van der Waals surface area contributed by atoms with E-state index < -0.39 is 23.1 Å². The maximum Gasteiger partial charge on any atom is 0.355 e. The Morgan fingerprint density at radius 2 is 2.21 bits per heavy atom. The molecule has 14 heavy (non-hydrogen) atoms. The second-order valence-electron chi connectivity index (χ2n) is 2.30. The minimum absolute atomic E-state index is 0.134. The van der Waals surface area contributed by atoms with Gasteiger partial charge in [0.1, 0.15) is 5.15 Å². The molecule has 0 aliphatic carbocycles. The van der Waals surface area contributed by atoms with Crippen LogP contribution in [0, 0.1) is 3.57 Å². The average molecular weight is 333 g/mol. The second kappa shape index (κ2) is 4.35. The van der Waals surface area contributed by atoms with Gasteiger partial charge in [-0.3, -0.25) is 0 Å². The van der Waals surface area contributed by atoms with Crippen LogP contribution in [0.2, 0.25) is 5.15 Å². The molecule has 1 N–H and O–H groups in total. The van der Waals surface area contributed by atoms with Crippen LogP contribution in [0.3, 0.4) is 0 Å². The van der Waals surface area contributed by atoms with E-state index in [-0.39, 0.29) is 9.26 Å². The van der Waals surface area contributed by atoms with E-state index in [1.807, 2.05) is 0 Å². The van der Waals surface area contributed by atoms with Crippen molar-refractivity contribution in [2.75, 3.05) is 0 Å². The molecule has 1 aromatic heterocycles. The lowest BCUT2D eigenvalue weighted by Gasteiger charge is -2.04. The Labute approximate surface area is 96.2 Å². The van der Waals surface area contributed by atoms with Crippen molar-refractivity contribution >= 4 is 40.2 Å². The topological polar surface area (TPSA) is 50.2 Å². The van der Waals surface area contributed by atoms with Crippen LogP contribution in [-0.2, 0) is 0 Å². The van der Waals surface area contributed by atoms with Gasteiger partial charge in [0.15, 0.2) is 5.69 Å². The van der Waals surface area contributed by atoms with Crippen LogP contribution >= 0.6 is 34.2 Å². The van der Waals surface area contributed by atoms with Gasteiger partial charge >= 0.3 is 5.97 Å². The molecule has 0 aliphatic heterocycles. The average Bonchev–Trinajstić information content (AvgIpc) is 2.07. The van der Waals surface area contributed by atoms with Crippen LogP contribution in [0.25, 0.3) is 0 Å². The van der Waals surface area contributed by atoms with Crippen LogP contribution in [0.15, 0.2) is 6.07 Å². The Hall–Kier alpha value is -0.500. The van der Waals surface area contributed by atoms with Crippen LogP contribution in [0.5, 0.6) is 0 Å². The van der Waals surface area contributed by atoms with Gasteiger partial charge in [-0.25, -0.2) is 18.6 Å². The lowest BCUT2D eigenvalue weighted by Crippen LogP contribution is -2.05. The number of carboxylic acids is 1. The third-order valence-electron chi connectivity index (χ3n) is 1.39. The van der Waals surface area contributed by atoms with E-state index >= 15 is 0 Å². The lowest BCUT2D eigenvalue weighted by atomic mass is 10.2. The fourth-order valence-electron chi connectivity index (χ4n) is 0.784. The van der Waals surface area contributed by atoms with Gasteiger partial charge in [-0.05, 0) is 28.7 Å². The molecule has 1 heterocycles. The van der Waals surface area contributed by atoms with Crippen molar-refractivity contribution in [1.29, 1.82) is 0 Å². The molecule has 0 saturated carbocycles. The molecule has 0 amide bonds. The molecule has 1 rings (SSSR count). The first kappa shape index (κ1) is 11.6. The lowest BCUT2D eigenvalue weighted by molar-refractivity contribution is 0.0688. The quantitative estimate of drug-likeness (QED) is 0.669. The van der Waals surface area contributed by atoms with E-state index in [4.69, 9.17) is 16.7 Å². The van der Waals surface area contributed by atoms with Gasteiger partial charge in [0.05, 0.1) is 5.56 Å². The van der Waals surface area contributed by atoms with E-state index in [1.165, 1.54) is 0 Å². The SMILES string of the molecule is O=C(O)c1nc(Cl)c(C(F)F)cc1I. The highest BCUT2D eigenvalue weighted by Gasteiger charge is 2.19. The smallest absolute Gasteiger partial charge is 0.355 e. The summed E-state index contributed by atoms with van der Waals surface area (Å²) < 4.78 is 24.7. The molecule has 0 bridgehead atoms. The largest absolute Gasteiger partial charge is 0.476 e. The predicted molar refractivity (Wildman–Crippen MR) is 53.9 cm³/mol. The third-order valence-corrected chi connectivity index (χ3v) is 2.52. The maximum atomic E-state index is 12.3. The number of hydrogen-bond acceptors (Lipinski definition) is 2. The number of carbonyl (C=O) groups is 1. The zero-order chi connectivity index (χ0) is 10.9. The summed E-state index contributed by atoms with van der Waals surface area (Å²) in [6, 6.07) is 1.02. The number of pyridine rings is 1. The van der Waals surface area contributed by atoms with Crippen molar-refractivity contribution in [3.63, 3.8) is 0 Å². The van der Waals surface area contributed by atoms with Crippen LogP contribution in [0.1, 0.15) is 22.5 Å². The summed E-state index contributed by atoms with van der Waals surface area (Å²) in [7, 11) is 0. The summed E-state index contributed by atoms with van der Waals surface area (Å²) in [5, 5.41) is 8.13. The van der Waals surface area contributed by atoms with Crippen molar-refractivity contribution in [2.24, 2.45) is 0 Å². The maximum absolute atomic E-state index is 12.3. The minimum Gasteiger partial charge on any atom is -0.476 e. The first-order valence-corrected chi connectivity index (χ1v) is 4.76. The fourth-order valence-corrected chi connectivity index (χ4v) is 1.69. The second-order valence-corrected chi connectivity index (χ2v) is 3.82. The van der Waals surface area contributed by atoms with Gasteiger partial charge in [0.25, 0.3) is 6.43 Å². The number of hydrogen-bond donors (Lipinski definition) is 1. The van der Waals surface area contributed by atoms with Gasteiger partial charge in [0, 0.05) is 3.57 Å². The highest BCUT2D eigenvalue weighted by molar-refractivity contribution is 14.1. The summed E-state index contributed by atoms with van der Waals surface area (Å²) in [5.74, 6) is -1.29. The van der Waals surface area contributed by atoms with Crippen LogP contribution in [0.4, 0.5) is 8.78 Å². The van der Waals surface area contributed by atoms with Crippen molar-refractivity contribution in [3.8, 4) is 0 Å². The number of halogens is 4. The Morgan fingerprint density at radius 1 is 1.64 bits per heavy atom. The Morgan fingerprint density at radius 3 is 2.64 bits per heavy atom. The number of aromatic carboxylic acids is 1. The Bertz CT molecular complexity index is 386. The van der Waals surface area contributed by atoms with E-state index in [0.717, 1.165) is 6.07 Å². The molecular weight excluding hydrogens is 330 g/mol. The predicted octanol–water partition coefficient (Wildman–Crippen LogP) is 2.98. The fraction of sp³-hybridized carbons (Fsp3) is 0.143. The molecular formula is C7H3ClF2INO2. The van der Waals surface area contributed by atoms with Gasteiger partial charge in [-0.15, -0.1) is 0 Å². The first-order valence-electron chi connectivity index (χ1n) is 3.31. The molecule has 0 aliphatic rings. The standard InChI is InChI=1S/C7H3ClF2INO2/c8-5-2(6(9)10)1-3(11)4(12-5)7(13)14/h1,6H,(H,13,14). The summed E-state index contributed by atoms with van der Waals surface area (Å²) in [6.45, 7) is 0. The number of rotatable bonds is 2. The van der Waals surface area contributed by atoms with Crippen LogP contribution < -0.4 is 0 Å². The summed E-state index contributed by atoms with van der Waals surface area (Å²) in [6.07, 6.45) is -2.76. The first-order chi connectivity index (χ1) is 6.43. The van der Waals surface area contributed by atoms with E-state index in [2.05, 4.69) is 4.98 Å². The van der Waals surface area contributed by atoms with Gasteiger partial charge < -0.3 is 5.11 Å². The molecule has 0 saturated heterocycles. The van der Waals surface area contributed by atoms with Crippen molar-refractivity contribution < 1.29 is 18.7 Å². The molecule has 0 unspecified atom stereocenters. The number of carboxylic acid groups (broad SMARTS) is 1. The molecule has 0 spiro atoms. The molecule has 0 atom stereocenters. The summed E-state index contributed by atoms with van der Waals surface area (Å²) in [5.41, 5.74) is -0.777. The zero-order valence-corrected chi connectivity index (χ0v) is 9.38. The zero-order valence-electron chi connectivity index (χ0n) is 6.47. The molecule has 76 valence electrons. The number of alkyl halides is 2. The summed E-state index contributed by atoms with van der Waals surface area (Å²) >= 11 is 7.00. The normalized spacial score (nSPS) is 10.6. The van der Waals surface area contributed by atoms with Crippen molar-refractivity contribution in [3.05, 3.63) is 26.0 Å². The monoisotopic (exact) mass is 333 g/mol. The van der Waals surface area contributed by atoms with Gasteiger partial charge in [-0.2, -0.15) is 0 Å². The Balaban J connectivity index is 3.31. The van der Waals surface area contributed by atoms with Crippen molar-refractivity contribution in [1.82, 2.24) is 4.98 Å². The minimum atomic E-state index is -2.76. The van der Waals surface area contributed by atoms with Crippen molar-refractivity contribution in [2.45, 2.75) is 6.43 Å². The highest BCUT2D eigenvalue weighted by atomic mass is 127. The van der Waals surface area contributed by atoms with E-state index in [0.29, 0.717) is 0 Å². The molecule has 3 nitrogen and oxygen atoms in total. The molecule has 7 heteroatoms. The van der Waals surface area contributed by atoms with Gasteiger partial charge in [0.2, 0.25) is 0 Å². The molecule has 1 aromatic rings. The van der Waals surface area contributed by atoms with Crippen LogP contribution in [-0.4, -0.2) is 16.1 Å². The van der Waals surface area contributed by atoms with E-state index in [9.17, 15) is 13.6 Å². The third kappa shape index (κ3) is 2.30. The number of nitrogens with zero attached hydrogens (tertiary/aromatic N) is 1. The molecule has 0 fully saturated rings. The summed E-state index contributed by atoms with van der Waals surface area (Å²) in [4.78, 5) is 13.9.